The maximum Gasteiger partial charge on any atom is 0.255 e. The van der Waals surface area contributed by atoms with E-state index in [0.29, 0.717) is 23.5 Å². The fourth-order valence-electron chi connectivity index (χ4n) is 3.57. The summed E-state index contributed by atoms with van der Waals surface area (Å²) in [5.74, 6) is 0.668. The lowest BCUT2D eigenvalue weighted by Crippen LogP contribution is -2.37. The van der Waals surface area contributed by atoms with Crippen molar-refractivity contribution in [1.29, 1.82) is 0 Å². The molecule has 0 spiro atoms. The van der Waals surface area contributed by atoms with Gasteiger partial charge in [-0.1, -0.05) is 6.07 Å². The minimum absolute atomic E-state index is 0.000766. The van der Waals surface area contributed by atoms with E-state index < -0.39 is 0 Å². The van der Waals surface area contributed by atoms with Gasteiger partial charge in [0, 0.05) is 17.8 Å². The molecule has 28 heavy (non-hydrogen) atoms. The Hall–Kier alpha value is -3.03. The Bertz CT molecular complexity index is 848. The molecule has 1 aliphatic carbocycles. The maximum absolute atomic E-state index is 12.7. The number of hydrogen-bond donors (Lipinski definition) is 3. The first-order chi connectivity index (χ1) is 13.5. The summed E-state index contributed by atoms with van der Waals surface area (Å²) in [6.45, 7) is 1.89. The summed E-state index contributed by atoms with van der Waals surface area (Å²) in [6, 6.07) is 5.25. The van der Waals surface area contributed by atoms with Crippen molar-refractivity contribution in [3.63, 3.8) is 0 Å². The minimum Gasteiger partial charge on any atom is -0.493 e. The number of imidazole rings is 1. The van der Waals surface area contributed by atoms with E-state index >= 15 is 0 Å². The van der Waals surface area contributed by atoms with Gasteiger partial charge in [0.15, 0.2) is 11.5 Å². The number of H-pyrrole nitrogens is 1. The molecule has 1 aromatic carbocycles. The average molecular weight is 386 g/mol. The molecule has 1 heterocycles. The quantitative estimate of drug-likeness (QED) is 0.672. The van der Waals surface area contributed by atoms with Crippen molar-refractivity contribution in [3.05, 3.63) is 41.5 Å². The van der Waals surface area contributed by atoms with Crippen molar-refractivity contribution in [2.45, 2.75) is 44.7 Å². The van der Waals surface area contributed by atoms with Crippen molar-refractivity contribution in [3.8, 4) is 11.5 Å². The SMILES string of the molecule is COc1cccc(C(=O)N[C@@H]2CC[C@H](NC(=O)Cc3nc[nH]c3C)C2)c1OC. The lowest BCUT2D eigenvalue weighted by molar-refractivity contribution is -0.121. The minimum atomic E-state index is -0.208. The maximum atomic E-state index is 12.7. The number of rotatable bonds is 7. The fraction of sp³-hybridized carbons (Fsp3) is 0.450. The van der Waals surface area contributed by atoms with Crippen molar-refractivity contribution in [2.24, 2.45) is 0 Å². The first-order valence-electron chi connectivity index (χ1n) is 9.31. The number of ether oxygens (including phenoxy) is 2. The smallest absolute Gasteiger partial charge is 0.255 e. The standard InChI is InChI=1S/C20H26N4O4/c1-12-16(22-11-21-12)10-18(25)23-13-7-8-14(9-13)24-20(26)15-5-4-6-17(27-2)19(15)28-3/h4-6,11,13-14H,7-10H2,1-3H3,(H,21,22)(H,23,25)(H,24,26)/t13-,14+/m0/s1. The van der Waals surface area contributed by atoms with Crippen molar-refractivity contribution in [1.82, 2.24) is 20.6 Å². The van der Waals surface area contributed by atoms with Gasteiger partial charge in [-0.3, -0.25) is 9.59 Å². The van der Waals surface area contributed by atoms with Crippen LogP contribution in [-0.4, -0.2) is 48.1 Å². The van der Waals surface area contributed by atoms with Gasteiger partial charge in [-0.2, -0.15) is 0 Å². The van der Waals surface area contributed by atoms with Gasteiger partial charge in [0.25, 0.3) is 5.91 Å². The van der Waals surface area contributed by atoms with Crippen molar-refractivity contribution in [2.75, 3.05) is 14.2 Å². The molecule has 0 aliphatic heterocycles. The van der Waals surface area contributed by atoms with Crippen LogP contribution >= 0.6 is 0 Å². The number of carbonyl (C=O) groups excluding carboxylic acids is 2. The summed E-state index contributed by atoms with van der Waals surface area (Å²) >= 11 is 0. The Balaban J connectivity index is 1.54. The van der Waals surface area contributed by atoms with Crippen LogP contribution in [0.1, 0.15) is 41.0 Å². The number of nitrogens with zero attached hydrogens (tertiary/aromatic N) is 1. The number of aryl methyl sites for hydroxylation is 1. The Morgan fingerprint density at radius 3 is 2.57 bits per heavy atom. The molecule has 8 heteroatoms. The van der Waals surface area contributed by atoms with Crippen LogP contribution in [0.15, 0.2) is 24.5 Å². The number of aromatic nitrogens is 2. The van der Waals surface area contributed by atoms with Crippen LogP contribution in [0.3, 0.4) is 0 Å². The Morgan fingerprint density at radius 1 is 1.18 bits per heavy atom. The van der Waals surface area contributed by atoms with Crippen LogP contribution in [0, 0.1) is 6.92 Å². The molecule has 1 aromatic heterocycles. The Morgan fingerprint density at radius 2 is 1.93 bits per heavy atom. The number of methoxy groups -OCH3 is 2. The second-order valence-electron chi connectivity index (χ2n) is 6.94. The van der Waals surface area contributed by atoms with Gasteiger partial charge in [0.2, 0.25) is 5.91 Å². The number of para-hydroxylation sites is 1. The highest BCUT2D eigenvalue weighted by atomic mass is 16.5. The molecule has 2 aromatic rings. The van der Waals surface area contributed by atoms with Gasteiger partial charge < -0.3 is 25.1 Å². The van der Waals surface area contributed by atoms with E-state index in [9.17, 15) is 9.59 Å². The number of aromatic amines is 1. The summed E-state index contributed by atoms with van der Waals surface area (Å²) in [5, 5.41) is 6.08. The third-order valence-electron chi connectivity index (χ3n) is 5.04. The average Bonchev–Trinajstić information content (AvgIpc) is 3.29. The van der Waals surface area contributed by atoms with E-state index in [0.717, 1.165) is 24.2 Å². The molecule has 8 nitrogen and oxygen atoms in total. The number of amides is 2. The molecule has 1 fully saturated rings. The third kappa shape index (κ3) is 4.44. The molecule has 2 atom stereocenters. The predicted molar refractivity (Wildman–Crippen MR) is 104 cm³/mol. The second kappa shape index (κ2) is 8.77. The van der Waals surface area contributed by atoms with Crippen LogP contribution in [0.4, 0.5) is 0 Å². The highest BCUT2D eigenvalue weighted by Crippen LogP contribution is 2.31. The molecule has 0 unspecified atom stereocenters. The molecule has 1 aliphatic rings. The number of hydrogen-bond acceptors (Lipinski definition) is 5. The van der Waals surface area contributed by atoms with Crippen LogP contribution in [0.25, 0.3) is 0 Å². The van der Waals surface area contributed by atoms with Crippen molar-refractivity contribution >= 4 is 11.8 Å². The first-order valence-corrected chi connectivity index (χ1v) is 9.31. The lowest BCUT2D eigenvalue weighted by atomic mass is 10.1. The van der Waals surface area contributed by atoms with Crippen LogP contribution in [0.2, 0.25) is 0 Å². The van der Waals surface area contributed by atoms with Crippen molar-refractivity contribution < 1.29 is 19.1 Å². The number of benzene rings is 1. The van der Waals surface area contributed by atoms with Gasteiger partial charge in [0.1, 0.15) is 0 Å². The summed E-state index contributed by atoms with van der Waals surface area (Å²) in [5.41, 5.74) is 2.09. The normalized spacial score (nSPS) is 18.5. The summed E-state index contributed by atoms with van der Waals surface area (Å²) in [4.78, 5) is 32.0. The molecular formula is C20H26N4O4. The van der Waals surface area contributed by atoms with E-state index in [4.69, 9.17) is 9.47 Å². The Kier molecular flexibility index (Phi) is 6.18. The van der Waals surface area contributed by atoms with Gasteiger partial charge in [-0.05, 0) is 38.3 Å². The van der Waals surface area contributed by atoms with Gasteiger partial charge >= 0.3 is 0 Å². The molecular weight excluding hydrogens is 360 g/mol. The molecule has 0 saturated heterocycles. The zero-order valence-corrected chi connectivity index (χ0v) is 16.4. The Labute approximate surface area is 164 Å². The van der Waals surface area contributed by atoms with Gasteiger partial charge in [-0.25, -0.2) is 4.98 Å². The molecule has 150 valence electrons. The van der Waals surface area contributed by atoms with E-state index in [1.165, 1.54) is 14.2 Å². The fourth-order valence-corrected chi connectivity index (χ4v) is 3.57. The van der Waals surface area contributed by atoms with E-state index in [1.54, 1.807) is 24.5 Å². The number of nitrogens with one attached hydrogen (secondary N) is 3. The monoisotopic (exact) mass is 386 g/mol. The molecule has 0 radical (unpaired) electrons. The summed E-state index contributed by atoms with van der Waals surface area (Å²) in [7, 11) is 3.05. The van der Waals surface area contributed by atoms with Crippen LogP contribution in [-0.2, 0) is 11.2 Å². The van der Waals surface area contributed by atoms with Crippen LogP contribution in [0.5, 0.6) is 11.5 Å². The van der Waals surface area contributed by atoms with Gasteiger partial charge in [-0.15, -0.1) is 0 Å². The van der Waals surface area contributed by atoms with E-state index in [-0.39, 0.29) is 30.3 Å². The van der Waals surface area contributed by atoms with E-state index in [1.807, 2.05) is 6.92 Å². The lowest BCUT2D eigenvalue weighted by Gasteiger charge is -2.16. The van der Waals surface area contributed by atoms with E-state index in [2.05, 4.69) is 20.6 Å². The van der Waals surface area contributed by atoms with Gasteiger partial charge in [0.05, 0.1) is 38.2 Å². The predicted octanol–water partition coefficient (Wildman–Crippen LogP) is 1.75. The largest absolute Gasteiger partial charge is 0.493 e. The molecule has 1 saturated carbocycles. The summed E-state index contributed by atoms with van der Waals surface area (Å²) < 4.78 is 10.6. The molecule has 2 amide bonds. The second-order valence-corrected chi connectivity index (χ2v) is 6.94. The molecule has 3 N–H and O–H groups in total. The topological polar surface area (TPSA) is 105 Å². The zero-order chi connectivity index (χ0) is 20.1. The number of carbonyl (C=O) groups is 2. The third-order valence-corrected chi connectivity index (χ3v) is 5.04. The first kappa shape index (κ1) is 19.7. The van der Waals surface area contributed by atoms with Crippen LogP contribution < -0.4 is 20.1 Å². The highest BCUT2D eigenvalue weighted by molar-refractivity contribution is 5.98. The summed E-state index contributed by atoms with van der Waals surface area (Å²) in [6.07, 6.45) is 4.18. The highest BCUT2D eigenvalue weighted by Gasteiger charge is 2.28. The zero-order valence-electron chi connectivity index (χ0n) is 16.4. The molecule has 3 rings (SSSR count). The molecule has 0 bridgehead atoms.